The molecule has 5 nitrogen and oxygen atoms in total. The fourth-order valence-electron chi connectivity index (χ4n) is 2.84. The molecule has 142 valence electrons. The molecule has 0 aliphatic rings. The molecule has 0 spiro atoms. The third-order valence-electron chi connectivity index (χ3n) is 4.17. The summed E-state index contributed by atoms with van der Waals surface area (Å²) in [5.74, 6) is -0.557. The zero-order valence-corrected chi connectivity index (χ0v) is 16.8. The maximum absolute atomic E-state index is 14.2. The quantitative estimate of drug-likeness (QED) is 0.437. The Morgan fingerprint density at radius 3 is 2.82 bits per heavy atom. The van der Waals surface area contributed by atoms with E-state index < -0.39 is 5.82 Å². The van der Waals surface area contributed by atoms with Crippen molar-refractivity contribution in [2.75, 3.05) is 0 Å². The lowest BCUT2D eigenvalue weighted by molar-refractivity contribution is 0.0940. The van der Waals surface area contributed by atoms with Gasteiger partial charge in [-0.15, -0.1) is 11.3 Å². The van der Waals surface area contributed by atoms with E-state index in [1.165, 1.54) is 29.5 Å². The van der Waals surface area contributed by atoms with Gasteiger partial charge in [-0.25, -0.2) is 14.4 Å². The standard InChI is InChI=1S/C19H13Cl2FN4OS/c1-9(19-23-5-6-28-19)24-18(27)10-7-12(21)16-14(8-10)25-17(26-16)15-11(20)3-2-4-13(15)22/h2-9H,1H3,(H,24,27)(H,25,26). The lowest BCUT2D eigenvalue weighted by Crippen LogP contribution is -2.26. The molecule has 1 amide bonds. The van der Waals surface area contributed by atoms with E-state index in [-0.39, 0.29) is 33.4 Å². The number of benzene rings is 2. The Morgan fingerprint density at radius 2 is 2.11 bits per heavy atom. The van der Waals surface area contributed by atoms with Crippen LogP contribution in [0.1, 0.15) is 28.3 Å². The number of hydrogen-bond acceptors (Lipinski definition) is 4. The number of rotatable bonds is 4. The summed E-state index contributed by atoms with van der Waals surface area (Å²) < 4.78 is 14.2. The van der Waals surface area contributed by atoms with Crippen LogP contribution in [0, 0.1) is 5.82 Å². The number of carbonyl (C=O) groups excluding carboxylic acids is 1. The van der Waals surface area contributed by atoms with Crippen molar-refractivity contribution in [3.8, 4) is 11.4 Å². The first-order valence-corrected chi connectivity index (χ1v) is 9.91. The number of amides is 1. The lowest BCUT2D eigenvalue weighted by atomic mass is 10.1. The van der Waals surface area contributed by atoms with Crippen LogP contribution in [0.2, 0.25) is 10.0 Å². The van der Waals surface area contributed by atoms with Crippen molar-refractivity contribution in [3.05, 3.63) is 68.3 Å². The van der Waals surface area contributed by atoms with E-state index in [1.807, 2.05) is 12.3 Å². The molecule has 4 aromatic rings. The molecule has 9 heteroatoms. The Morgan fingerprint density at radius 1 is 1.29 bits per heavy atom. The van der Waals surface area contributed by atoms with Gasteiger partial charge in [0.1, 0.15) is 22.2 Å². The summed E-state index contributed by atoms with van der Waals surface area (Å²) in [7, 11) is 0. The molecule has 2 aromatic carbocycles. The molecule has 4 rings (SSSR count). The van der Waals surface area contributed by atoms with Crippen LogP contribution in [0.3, 0.4) is 0 Å². The molecule has 0 aliphatic heterocycles. The minimum atomic E-state index is -0.502. The van der Waals surface area contributed by atoms with Gasteiger partial charge < -0.3 is 10.3 Å². The molecular formula is C19H13Cl2FN4OS. The van der Waals surface area contributed by atoms with Crippen molar-refractivity contribution in [1.29, 1.82) is 0 Å². The number of nitrogens with one attached hydrogen (secondary N) is 2. The molecule has 1 unspecified atom stereocenters. The molecule has 2 aromatic heterocycles. The number of thiazole rings is 1. The number of carbonyl (C=O) groups is 1. The topological polar surface area (TPSA) is 70.7 Å². The van der Waals surface area contributed by atoms with Gasteiger partial charge in [-0.2, -0.15) is 0 Å². The van der Waals surface area contributed by atoms with Gasteiger partial charge in [-0.3, -0.25) is 4.79 Å². The molecule has 0 saturated carbocycles. The van der Waals surface area contributed by atoms with Crippen LogP contribution in [-0.4, -0.2) is 20.9 Å². The normalized spacial score (nSPS) is 12.3. The van der Waals surface area contributed by atoms with Gasteiger partial charge in [0.15, 0.2) is 0 Å². The Labute approximate surface area is 173 Å². The number of H-pyrrole nitrogens is 1. The van der Waals surface area contributed by atoms with Gasteiger partial charge in [-0.05, 0) is 31.2 Å². The highest BCUT2D eigenvalue weighted by Gasteiger charge is 2.19. The first-order valence-electron chi connectivity index (χ1n) is 8.28. The van der Waals surface area contributed by atoms with Gasteiger partial charge >= 0.3 is 0 Å². The van der Waals surface area contributed by atoms with E-state index in [0.717, 1.165) is 5.01 Å². The van der Waals surface area contributed by atoms with Crippen LogP contribution in [0.25, 0.3) is 22.4 Å². The van der Waals surface area contributed by atoms with Crippen molar-refractivity contribution in [3.63, 3.8) is 0 Å². The fourth-order valence-corrected chi connectivity index (χ4v) is 4.00. The summed E-state index contributed by atoms with van der Waals surface area (Å²) >= 11 is 13.9. The van der Waals surface area contributed by atoms with Crippen molar-refractivity contribution >= 4 is 51.5 Å². The SMILES string of the molecule is CC(NC(=O)c1cc(Cl)c2nc(-c3c(F)cccc3Cl)[nH]c2c1)c1nccs1. The lowest BCUT2D eigenvalue weighted by Gasteiger charge is -2.11. The fraction of sp³-hybridized carbons (Fsp3) is 0.105. The number of halogens is 3. The summed E-state index contributed by atoms with van der Waals surface area (Å²) in [6.07, 6.45) is 1.69. The zero-order valence-electron chi connectivity index (χ0n) is 14.5. The second kappa shape index (κ2) is 7.50. The van der Waals surface area contributed by atoms with E-state index >= 15 is 0 Å². The monoisotopic (exact) mass is 434 g/mol. The van der Waals surface area contributed by atoms with E-state index in [2.05, 4.69) is 20.3 Å². The van der Waals surface area contributed by atoms with E-state index in [0.29, 0.717) is 16.6 Å². The number of hydrogen-bond donors (Lipinski definition) is 2. The number of aromatic nitrogens is 3. The van der Waals surface area contributed by atoms with E-state index in [4.69, 9.17) is 23.2 Å². The van der Waals surface area contributed by atoms with Crippen molar-refractivity contribution in [2.24, 2.45) is 0 Å². The van der Waals surface area contributed by atoms with Crippen LogP contribution < -0.4 is 5.32 Å². The summed E-state index contributed by atoms with van der Waals surface area (Å²) in [5, 5.41) is 6.04. The first kappa shape index (κ1) is 18.9. The summed E-state index contributed by atoms with van der Waals surface area (Å²) in [6, 6.07) is 7.31. The maximum atomic E-state index is 14.2. The summed E-state index contributed by atoms with van der Waals surface area (Å²) in [4.78, 5) is 24.2. The minimum Gasteiger partial charge on any atom is -0.343 e. The minimum absolute atomic E-state index is 0.153. The zero-order chi connectivity index (χ0) is 19.8. The molecule has 2 heterocycles. The molecule has 1 atom stereocenters. The Bertz CT molecular complexity index is 1160. The van der Waals surface area contributed by atoms with Crippen molar-refractivity contribution in [1.82, 2.24) is 20.3 Å². The smallest absolute Gasteiger partial charge is 0.251 e. The molecular weight excluding hydrogens is 422 g/mol. The highest BCUT2D eigenvalue weighted by atomic mass is 35.5. The number of nitrogens with zero attached hydrogens (tertiary/aromatic N) is 2. The Kier molecular flexibility index (Phi) is 5.05. The molecule has 2 N–H and O–H groups in total. The average Bonchev–Trinajstić information content (AvgIpc) is 3.31. The third kappa shape index (κ3) is 3.48. The molecule has 28 heavy (non-hydrogen) atoms. The summed E-state index contributed by atoms with van der Waals surface area (Å²) in [5.41, 5.74) is 1.45. The van der Waals surface area contributed by atoms with E-state index in [1.54, 1.807) is 18.3 Å². The molecule has 0 aliphatic carbocycles. The number of aromatic amines is 1. The largest absolute Gasteiger partial charge is 0.343 e. The van der Waals surface area contributed by atoms with Crippen LogP contribution >= 0.6 is 34.5 Å². The first-order chi connectivity index (χ1) is 13.4. The number of imidazole rings is 1. The van der Waals surface area contributed by atoms with Crippen LogP contribution in [0.4, 0.5) is 4.39 Å². The average molecular weight is 435 g/mol. The predicted molar refractivity (Wildman–Crippen MR) is 110 cm³/mol. The van der Waals surface area contributed by atoms with Gasteiger partial charge in [0.05, 0.1) is 27.2 Å². The second-order valence-electron chi connectivity index (χ2n) is 6.10. The molecule has 0 saturated heterocycles. The maximum Gasteiger partial charge on any atom is 0.251 e. The second-order valence-corrected chi connectivity index (χ2v) is 7.84. The Balaban J connectivity index is 1.69. The van der Waals surface area contributed by atoms with Gasteiger partial charge in [-0.1, -0.05) is 29.3 Å². The molecule has 0 bridgehead atoms. The van der Waals surface area contributed by atoms with Crippen LogP contribution in [0.5, 0.6) is 0 Å². The van der Waals surface area contributed by atoms with E-state index in [9.17, 15) is 9.18 Å². The molecule has 0 radical (unpaired) electrons. The summed E-state index contributed by atoms with van der Waals surface area (Å²) in [6.45, 7) is 1.85. The number of fused-ring (bicyclic) bond motifs is 1. The molecule has 0 fully saturated rings. The van der Waals surface area contributed by atoms with Gasteiger partial charge in [0.2, 0.25) is 0 Å². The third-order valence-corrected chi connectivity index (χ3v) is 5.73. The highest BCUT2D eigenvalue weighted by Crippen LogP contribution is 2.32. The predicted octanol–water partition coefficient (Wildman–Crippen LogP) is 5.62. The van der Waals surface area contributed by atoms with Crippen LogP contribution in [0.15, 0.2) is 41.9 Å². The van der Waals surface area contributed by atoms with Crippen molar-refractivity contribution in [2.45, 2.75) is 13.0 Å². The van der Waals surface area contributed by atoms with Gasteiger partial charge in [0, 0.05) is 17.1 Å². The van der Waals surface area contributed by atoms with Crippen molar-refractivity contribution < 1.29 is 9.18 Å². The van der Waals surface area contributed by atoms with Gasteiger partial charge in [0.25, 0.3) is 5.91 Å². The Hall–Kier alpha value is -2.48. The highest BCUT2D eigenvalue weighted by molar-refractivity contribution is 7.09. The van der Waals surface area contributed by atoms with Crippen LogP contribution in [-0.2, 0) is 0 Å².